The fourth-order valence-electron chi connectivity index (χ4n) is 9.77. The minimum absolute atomic E-state index is 0. The van der Waals surface area contributed by atoms with Crippen LogP contribution in [0.3, 0.4) is 0 Å². The minimum Gasteiger partial charge on any atom is -0.493 e. The van der Waals surface area contributed by atoms with E-state index in [4.69, 9.17) is 33.2 Å². The Bertz CT molecular complexity index is 5170. The van der Waals surface area contributed by atoms with E-state index in [2.05, 4.69) is 29.9 Å². The van der Waals surface area contributed by atoms with Crippen molar-refractivity contribution in [1.82, 2.24) is 44.1 Å². The Morgan fingerprint density at radius 3 is 1.08 bits per heavy atom. The van der Waals surface area contributed by atoms with E-state index in [1.165, 1.54) is 103 Å². The number of rotatable bonds is 33. The van der Waals surface area contributed by atoms with Crippen LogP contribution in [-0.2, 0) is 34.8 Å². The fraction of sp³-hybridized carbons (Fsp3) is 0.354. The quantitative estimate of drug-likeness (QED) is 0.0254. The first-order chi connectivity index (χ1) is 52.6. The molecule has 0 saturated carbocycles. The summed E-state index contributed by atoms with van der Waals surface area (Å²) in [4.78, 5) is 63.8. The predicted molar refractivity (Wildman–Crippen MR) is 421 cm³/mol. The van der Waals surface area contributed by atoms with Gasteiger partial charge < -0.3 is 33.2 Å². The molecule has 0 spiro atoms. The van der Waals surface area contributed by atoms with Gasteiger partial charge in [0, 0.05) is 67.5 Å². The highest BCUT2D eigenvalue weighted by Gasteiger charge is 2.30. The Morgan fingerprint density at radius 1 is 0.438 bits per heavy atom. The molecule has 1 unspecified atom stereocenters. The van der Waals surface area contributed by atoms with Gasteiger partial charge in [0.1, 0.15) is 58.0 Å². The Kier molecular flexibility index (Phi) is 31.5. The molecule has 25 nitrogen and oxygen atoms in total. The van der Waals surface area contributed by atoms with Gasteiger partial charge in [-0.3, -0.25) is 14.4 Å². The summed E-state index contributed by atoms with van der Waals surface area (Å²) < 4.78 is 191. The summed E-state index contributed by atoms with van der Waals surface area (Å²) in [6.07, 6.45) is 1.18. The summed E-state index contributed by atoms with van der Waals surface area (Å²) in [6, 6.07) is 33.7. The van der Waals surface area contributed by atoms with Crippen LogP contribution in [0.4, 0.5) is 22.0 Å². The van der Waals surface area contributed by atoms with Crippen molar-refractivity contribution in [2.24, 2.45) is 17.8 Å². The van der Waals surface area contributed by atoms with Crippen LogP contribution in [0.5, 0.6) is 34.9 Å². The van der Waals surface area contributed by atoms with Crippen LogP contribution in [-0.4, -0.2) is 131 Å². The lowest BCUT2D eigenvalue weighted by Gasteiger charge is -2.17. The first kappa shape index (κ1) is 88.4. The second kappa shape index (κ2) is 39.9. The molecule has 0 fully saturated rings. The SMILES string of the molecule is CCCC(C)Oc1nc(-c2cc(F)cc(OCC(C)C)c2)ccc1C(=O)NS(=O)(=O)c1cccc(C)n1.Cc1cccc(S(=O)(=O)NC(=O)c2ccc(-c3cc(F)cc(OCC(C)C)c3)nc2OCC(C)(F)F)n1.Cc1cccc(S(=O)(=O)NC(=O)c2ccc(-c3cc(F)cc(OCC(C)C)c3)nc2OCCOC(C)C)n1.[HH].[HH].[HH].[HH].[HH].[HH]. The van der Waals surface area contributed by atoms with Crippen molar-refractivity contribution in [1.29, 1.82) is 0 Å². The van der Waals surface area contributed by atoms with Crippen molar-refractivity contribution >= 4 is 47.8 Å². The highest BCUT2D eigenvalue weighted by atomic mass is 32.2. The third kappa shape index (κ3) is 27.6. The molecule has 3 N–H and O–H groups in total. The van der Waals surface area contributed by atoms with E-state index in [1.807, 2.05) is 83.4 Å². The number of amides is 3. The lowest BCUT2D eigenvalue weighted by molar-refractivity contribution is -0.0244. The van der Waals surface area contributed by atoms with E-state index >= 15 is 0 Å². The first-order valence-electron chi connectivity index (χ1n) is 35.4. The minimum atomic E-state index is -4.39. The maximum Gasteiger partial charge on any atom is 0.281 e. The molecule has 6 heterocycles. The standard InChI is InChI=1S/C27H32FN3O6S.C27H32FN3O5S.C25H26F3N3O5S.6H2/c1-17(2)16-37-22-14-20(13-21(28)15-22)24-10-9-23(27(30-24)36-12-11-35-18(3)4)26(32)31-38(33,34)25-8-6-7-19(5)29-25;1-6-8-19(5)36-27-23(26(32)31-37(33,34)25-10-7-9-18(4)29-25)11-12-24(30-27)20-13-21(28)15-22(14-20)35-16-17(2)3;1-15(2)13-35-19-11-17(10-18(26)12-19)21-9-8-20(24(30-21)36-14-25(4,27)28)23(32)31-37(33,34)22-7-5-6-16(3)29-22;;;;;;/h6-10,13-15,17-18H,11-12,16H2,1-5H3,(H,31,32);7,9-15,17,19H,6,8,16H2,1-5H3,(H,31,32);5-12,15H,13-14H2,1-4H3,(H,31,32);6*1H. The zero-order valence-electron chi connectivity index (χ0n) is 64.2. The zero-order valence-corrected chi connectivity index (χ0v) is 66.7. The fourth-order valence-corrected chi connectivity index (χ4v) is 12.7. The van der Waals surface area contributed by atoms with Gasteiger partial charge in [-0.1, -0.05) is 73.1 Å². The molecule has 0 aliphatic carbocycles. The van der Waals surface area contributed by atoms with Gasteiger partial charge in [0.05, 0.1) is 55.7 Å². The molecular formula is C79H102F5N9O16S3. The molecule has 112 heavy (non-hydrogen) atoms. The third-order valence-electron chi connectivity index (χ3n) is 14.9. The molecular weight excluding hydrogens is 1520 g/mol. The van der Waals surface area contributed by atoms with Crippen molar-refractivity contribution in [2.45, 2.75) is 143 Å². The summed E-state index contributed by atoms with van der Waals surface area (Å²) in [6.45, 7) is 25.1. The highest BCUT2D eigenvalue weighted by molar-refractivity contribution is 7.90. The largest absolute Gasteiger partial charge is 0.493 e. The number of carbonyl (C=O) groups excluding carboxylic acids is 3. The van der Waals surface area contributed by atoms with E-state index in [1.54, 1.807) is 51.1 Å². The van der Waals surface area contributed by atoms with Gasteiger partial charge in [-0.25, -0.2) is 66.0 Å². The molecule has 0 aliphatic heterocycles. The van der Waals surface area contributed by atoms with E-state index in [9.17, 15) is 61.6 Å². The molecule has 6 aromatic heterocycles. The Morgan fingerprint density at radius 2 is 0.768 bits per heavy atom. The van der Waals surface area contributed by atoms with Crippen LogP contribution < -0.4 is 42.6 Å². The molecule has 3 aromatic carbocycles. The lowest BCUT2D eigenvalue weighted by atomic mass is 10.1. The van der Waals surface area contributed by atoms with Crippen molar-refractivity contribution in [3.05, 3.63) is 197 Å². The predicted octanol–water partition coefficient (Wildman–Crippen LogP) is 16.1. The number of pyridine rings is 6. The average molecular weight is 1620 g/mol. The number of benzene rings is 3. The Hall–Kier alpha value is -10.8. The Balaban J connectivity index is 0.000000863. The summed E-state index contributed by atoms with van der Waals surface area (Å²) in [5, 5.41) is -0.973. The summed E-state index contributed by atoms with van der Waals surface area (Å²) in [5.41, 5.74) is 2.55. The first-order valence-corrected chi connectivity index (χ1v) is 39.9. The van der Waals surface area contributed by atoms with Crippen LogP contribution in [0.2, 0.25) is 0 Å². The number of halogens is 5. The smallest absolute Gasteiger partial charge is 0.281 e. The van der Waals surface area contributed by atoms with Gasteiger partial charge in [0.25, 0.3) is 53.7 Å². The monoisotopic (exact) mass is 1620 g/mol. The number of hydrogen-bond acceptors (Lipinski definition) is 22. The number of sulfonamides is 3. The molecule has 3 amide bonds. The maximum absolute atomic E-state index is 14.4. The molecule has 0 bridgehead atoms. The number of hydrogen-bond donors (Lipinski definition) is 3. The van der Waals surface area contributed by atoms with E-state index in [-0.39, 0.29) is 102 Å². The number of aryl methyl sites for hydroxylation is 3. The molecule has 9 aromatic rings. The number of alkyl halides is 2. The lowest BCUT2D eigenvalue weighted by Crippen LogP contribution is -2.32. The van der Waals surface area contributed by atoms with Gasteiger partial charge in [0.2, 0.25) is 17.6 Å². The molecule has 33 heteroatoms. The van der Waals surface area contributed by atoms with Gasteiger partial charge in [-0.15, -0.1) is 0 Å². The normalized spacial score (nSPS) is 11.9. The Labute approximate surface area is 657 Å². The van der Waals surface area contributed by atoms with Gasteiger partial charge in [-0.05, 0) is 175 Å². The van der Waals surface area contributed by atoms with Crippen molar-refractivity contribution in [3.8, 4) is 68.7 Å². The van der Waals surface area contributed by atoms with Gasteiger partial charge in [-0.2, -0.15) is 25.3 Å². The van der Waals surface area contributed by atoms with Gasteiger partial charge >= 0.3 is 0 Å². The van der Waals surface area contributed by atoms with E-state index in [0.29, 0.717) is 84.3 Å². The maximum atomic E-state index is 14.4. The zero-order chi connectivity index (χ0) is 82.4. The molecule has 9 rings (SSSR count). The van der Waals surface area contributed by atoms with Gasteiger partial charge in [0.15, 0.2) is 21.7 Å². The third-order valence-corrected chi connectivity index (χ3v) is 18.6. The molecule has 612 valence electrons. The topological polar surface area (TPSA) is 332 Å². The van der Waals surface area contributed by atoms with Crippen molar-refractivity contribution in [3.63, 3.8) is 0 Å². The number of aromatic nitrogens is 6. The number of carbonyl (C=O) groups is 3. The highest BCUT2D eigenvalue weighted by Crippen LogP contribution is 2.33. The molecule has 0 radical (unpaired) electrons. The second-order valence-corrected chi connectivity index (χ2v) is 32.2. The number of ether oxygens (including phenoxy) is 7. The van der Waals surface area contributed by atoms with Crippen LogP contribution in [0.25, 0.3) is 33.8 Å². The van der Waals surface area contributed by atoms with E-state index in [0.717, 1.165) is 18.6 Å². The second-order valence-electron chi connectivity index (χ2n) is 27.3. The molecule has 0 aliphatic rings. The van der Waals surface area contributed by atoms with E-state index < -0.39 is 94.2 Å². The molecule has 0 saturated heterocycles. The number of nitrogens with zero attached hydrogens (tertiary/aromatic N) is 6. The van der Waals surface area contributed by atoms with Crippen LogP contribution >= 0.6 is 0 Å². The van der Waals surface area contributed by atoms with Crippen molar-refractivity contribution < 1.29 is 103 Å². The van der Waals surface area contributed by atoms with Crippen molar-refractivity contribution in [2.75, 3.05) is 39.6 Å². The molecule has 1 atom stereocenters. The van der Waals surface area contributed by atoms with Crippen LogP contribution in [0.15, 0.2) is 161 Å². The summed E-state index contributed by atoms with van der Waals surface area (Å²) in [7, 11) is -12.9. The average Bonchev–Trinajstić information content (AvgIpc) is 0.805. The van der Waals surface area contributed by atoms with Crippen LogP contribution in [0.1, 0.15) is 146 Å². The number of nitrogens with one attached hydrogen (secondary N) is 3. The van der Waals surface area contributed by atoms with Crippen LogP contribution in [0, 0.1) is 56.0 Å². The summed E-state index contributed by atoms with van der Waals surface area (Å²) >= 11 is 0. The summed E-state index contributed by atoms with van der Waals surface area (Å²) in [5.74, 6) is -7.10.